The molecular weight excluding hydrogens is 371 g/mol. The van der Waals surface area contributed by atoms with Gasteiger partial charge in [0.1, 0.15) is 5.82 Å². The van der Waals surface area contributed by atoms with Crippen molar-refractivity contribution in [1.82, 2.24) is 9.80 Å². The minimum atomic E-state index is -0.381. The van der Waals surface area contributed by atoms with Gasteiger partial charge in [-0.3, -0.25) is 14.5 Å². The second-order valence-corrected chi connectivity index (χ2v) is 7.93. The number of piperazine rings is 1. The first-order chi connectivity index (χ1) is 14.0. The number of fused-ring (bicyclic) bond motifs is 1. The highest BCUT2D eigenvalue weighted by molar-refractivity contribution is 5.83. The van der Waals surface area contributed by atoms with E-state index in [1.807, 2.05) is 46.2 Å². The third kappa shape index (κ3) is 3.77. The van der Waals surface area contributed by atoms with Crippen molar-refractivity contribution in [1.29, 1.82) is 0 Å². The molecule has 152 valence electrons. The molecule has 0 unspecified atom stereocenters. The third-order valence-corrected chi connectivity index (χ3v) is 6.00. The number of amides is 1. The van der Waals surface area contributed by atoms with Gasteiger partial charge in [0, 0.05) is 19.1 Å². The number of aryl methyl sites for hydroxylation is 1. The van der Waals surface area contributed by atoms with Gasteiger partial charge in [-0.15, -0.1) is 0 Å². The fourth-order valence-electron chi connectivity index (χ4n) is 4.65. The topological polar surface area (TPSA) is 49.9 Å². The van der Waals surface area contributed by atoms with Gasteiger partial charge >= 0.3 is 5.97 Å². The van der Waals surface area contributed by atoms with Crippen LogP contribution in [0, 0.1) is 18.7 Å². The lowest BCUT2D eigenvalue weighted by molar-refractivity contribution is -0.147. The van der Waals surface area contributed by atoms with Gasteiger partial charge < -0.3 is 9.64 Å². The van der Waals surface area contributed by atoms with Crippen LogP contribution >= 0.6 is 0 Å². The highest BCUT2D eigenvalue weighted by Crippen LogP contribution is 2.43. The Hall–Kier alpha value is -2.73. The highest BCUT2D eigenvalue weighted by atomic mass is 19.1. The molecule has 2 heterocycles. The average Bonchev–Trinajstić information content (AvgIpc) is 3.11. The van der Waals surface area contributed by atoms with Crippen molar-refractivity contribution in [3.63, 3.8) is 0 Å². The largest absolute Gasteiger partial charge is 0.469 e. The number of halogens is 1. The van der Waals surface area contributed by atoms with E-state index in [-0.39, 0.29) is 42.2 Å². The monoisotopic (exact) mass is 396 g/mol. The van der Waals surface area contributed by atoms with Crippen LogP contribution in [-0.2, 0) is 20.9 Å². The number of esters is 1. The Morgan fingerprint density at radius 2 is 1.97 bits per heavy atom. The van der Waals surface area contributed by atoms with Gasteiger partial charge in [-0.2, -0.15) is 0 Å². The summed E-state index contributed by atoms with van der Waals surface area (Å²) in [7, 11) is 1.39. The Balaban J connectivity index is 1.57. The van der Waals surface area contributed by atoms with E-state index in [4.69, 9.17) is 4.74 Å². The number of methoxy groups -OCH3 is 1. The van der Waals surface area contributed by atoms with E-state index in [0.717, 1.165) is 11.1 Å². The van der Waals surface area contributed by atoms with Crippen LogP contribution in [0.4, 0.5) is 4.39 Å². The Morgan fingerprint density at radius 3 is 2.66 bits per heavy atom. The van der Waals surface area contributed by atoms with Crippen LogP contribution in [0.2, 0.25) is 0 Å². The van der Waals surface area contributed by atoms with Crippen molar-refractivity contribution in [2.24, 2.45) is 5.92 Å². The highest BCUT2D eigenvalue weighted by Gasteiger charge is 2.50. The first-order valence-corrected chi connectivity index (χ1v) is 9.89. The molecule has 0 spiro atoms. The van der Waals surface area contributed by atoms with Crippen LogP contribution < -0.4 is 0 Å². The summed E-state index contributed by atoms with van der Waals surface area (Å²) in [6.45, 7) is 3.14. The first kappa shape index (κ1) is 19.6. The SMILES string of the molecule is COC(=O)[C@H]1C[C@H]2CN(Cc3ccc(C)c(F)c3)CC(=O)N2[C@H]1c1ccccc1. The summed E-state index contributed by atoms with van der Waals surface area (Å²) in [6, 6.07) is 14.5. The van der Waals surface area contributed by atoms with Gasteiger partial charge in [0.2, 0.25) is 5.91 Å². The molecule has 29 heavy (non-hydrogen) atoms. The quantitative estimate of drug-likeness (QED) is 0.746. The van der Waals surface area contributed by atoms with E-state index in [1.54, 1.807) is 13.0 Å². The zero-order chi connectivity index (χ0) is 20.5. The van der Waals surface area contributed by atoms with Crippen molar-refractivity contribution in [3.8, 4) is 0 Å². The molecule has 5 nitrogen and oxygen atoms in total. The summed E-state index contributed by atoms with van der Waals surface area (Å²) >= 11 is 0. The van der Waals surface area contributed by atoms with Crippen LogP contribution in [0.5, 0.6) is 0 Å². The van der Waals surface area contributed by atoms with Gasteiger partial charge in [0.15, 0.2) is 0 Å². The van der Waals surface area contributed by atoms with Crippen molar-refractivity contribution in [3.05, 3.63) is 71.0 Å². The van der Waals surface area contributed by atoms with Crippen LogP contribution in [0.25, 0.3) is 0 Å². The van der Waals surface area contributed by atoms with Crippen LogP contribution in [0.1, 0.15) is 29.2 Å². The Morgan fingerprint density at radius 1 is 1.21 bits per heavy atom. The molecule has 2 saturated heterocycles. The maximum atomic E-state index is 13.9. The van der Waals surface area contributed by atoms with E-state index in [0.29, 0.717) is 25.1 Å². The van der Waals surface area contributed by atoms with Gasteiger partial charge in [-0.1, -0.05) is 42.5 Å². The molecule has 0 radical (unpaired) electrons. The molecule has 0 bridgehead atoms. The van der Waals surface area contributed by atoms with Crippen molar-refractivity contribution < 1.29 is 18.7 Å². The maximum Gasteiger partial charge on any atom is 0.311 e. The minimum Gasteiger partial charge on any atom is -0.469 e. The zero-order valence-electron chi connectivity index (χ0n) is 16.7. The van der Waals surface area contributed by atoms with E-state index in [1.165, 1.54) is 13.2 Å². The molecule has 0 N–H and O–H groups in total. The summed E-state index contributed by atoms with van der Waals surface area (Å²) in [5.74, 6) is -0.904. The van der Waals surface area contributed by atoms with Gasteiger partial charge in [0.05, 0.1) is 25.6 Å². The Labute approximate surface area is 170 Å². The van der Waals surface area contributed by atoms with E-state index in [9.17, 15) is 14.0 Å². The predicted molar refractivity (Wildman–Crippen MR) is 106 cm³/mol. The molecule has 0 saturated carbocycles. The smallest absolute Gasteiger partial charge is 0.311 e. The molecule has 4 rings (SSSR count). The lowest BCUT2D eigenvalue weighted by Crippen LogP contribution is -2.53. The van der Waals surface area contributed by atoms with E-state index >= 15 is 0 Å². The van der Waals surface area contributed by atoms with Crippen LogP contribution in [0.3, 0.4) is 0 Å². The lowest BCUT2D eigenvalue weighted by atomic mass is 9.93. The zero-order valence-corrected chi connectivity index (χ0v) is 16.7. The first-order valence-electron chi connectivity index (χ1n) is 9.89. The molecule has 2 fully saturated rings. The van der Waals surface area contributed by atoms with Crippen LogP contribution in [-0.4, -0.2) is 47.9 Å². The summed E-state index contributed by atoms with van der Waals surface area (Å²) in [5, 5.41) is 0. The predicted octanol–water partition coefficient (Wildman–Crippen LogP) is 3.08. The number of hydrogen-bond acceptors (Lipinski definition) is 4. The molecule has 2 aliphatic heterocycles. The van der Waals surface area contributed by atoms with Gasteiger partial charge in [-0.05, 0) is 36.1 Å². The van der Waals surface area contributed by atoms with Crippen molar-refractivity contribution >= 4 is 11.9 Å². The maximum absolute atomic E-state index is 13.9. The molecule has 1 amide bonds. The number of nitrogens with zero attached hydrogens (tertiary/aromatic N) is 2. The van der Waals surface area contributed by atoms with Gasteiger partial charge in [0.25, 0.3) is 0 Å². The molecule has 3 atom stereocenters. The minimum absolute atomic E-state index is 0.00547. The number of carbonyl (C=O) groups excluding carboxylic acids is 2. The average molecular weight is 396 g/mol. The molecule has 0 aliphatic carbocycles. The summed E-state index contributed by atoms with van der Waals surface area (Å²) in [6.07, 6.45) is 0.566. The van der Waals surface area contributed by atoms with Crippen molar-refractivity contribution in [2.75, 3.05) is 20.2 Å². The molecule has 2 aromatic carbocycles. The second kappa shape index (κ2) is 7.95. The number of carbonyl (C=O) groups is 2. The summed E-state index contributed by atoms with van der Waals surface area (Å²) in [4.78, 5) is 29.5. The molecule has 2 aromatic rings. The lowest BCUT2D eigenvalue weighted by Gasteiger charge is -2.40. The van der Waals surface area contributed by atoms with Crippen LogP contribution in [0.15, 0.2) is 48.5 Å². The fraction of sp³-hybridized carbons (Fsp3) is 0.391. The number of hydrogen-bond donors (Lipinski definition) is 0. The number of benzene rings is 2. The Bertz CT molecular complexity index is 918. The summed E-state index contributed by atoms with van der Waals surface area (Å²) in [5.41, 5.74) is 2.40. The van der Waals surface area contributed by atoms with Gasteiger partial charge in [-0.25, -0.2) is 4.39 Å². The molecule has 2 aliphatic rings. The Kier molecular flexibility index (Phi) is 5.37. The number of ether oxygens (including phenoxy) is 1. The van der Waals surface area contributed by atoms with E-state index < -0.39 is 0 Å². The summed E-state index contributed by atoms with van der Waals surface area (Å²) < 4.78 is 18.9. The van der Waals surface area contributed by atoms with E-state index in [2.05, 4.69) is 0 Å². The molecule has 0 aromatic heterocycles. The molecule has 6 heteroatoms. The fourth-order valence-corrected chi connectivity index (χ4v) is 4.65. The third-order valence-electron chi connectivity index (χ3n) is 6.00. The standard InChI is InChI=1S/C23H25FN2O3/c1-15-8-9-16(10-20(15)24)12-25-13-18-11-19(23(28)29-2)22(26(18)21(27)14-25)17-6-4-3-5-7-17/h3-10,18-19,22H,11-14H2,1-2H3/t18-,19-,22-/m0/s1. The van der Waals surface area contributed by atoms with Crippen molar-refractivity contribution in [2.45, 2.75) is 32.0 Å². The second-order valence-electron chi connectivity index (χ2n) is 7.93. The normalized spacial score (nSPS) is 24.4. The molecular formula is C23H25FN2O3. The number of rotatable bonds is 4.